The number of aromatic nitrogens is 1. The molecule has 1 heterocycles. The monoisotopic (exact) mass is 223 g/mol. The highest BCUT2D eigenvalue weighted by Crippen LogP contribution is 2.10. The Bertz CT molecular complexity index is 429. The van der Waals surface area contributed by atoms with E-state index >= 15 is 0 Å². The topological polar surface area (TPSA) is 56.3 Å². The van der Waals surface area contributed by atoms with Gasteiger partial charge in [0.05, 0.1) is 12.2 Å². The van der Waals surface area contributed by atoms with Crippen molar-refractivity contribution in [2.45, 2.75) is 6.92 Å². The third-order valence-corrected chi connectivity index (χ3v) is 1.78. The Labute approximate surface area is 91.8 Å². The summed E-state index contributed by atoms with van der Waals surface area (Å²) in [4.78, 5) is 24.9. The van der Waals surface area contributed by atoms with Gasteiger partial charge in [-0.15, -0.1) is 0 Å². The maximum Gasteiger partial charge on any atom is 0.330 e. The van der Waals surface area contributed by atoms with Crippen LogP contribution in [0.2, 0.25) is 0 Å². The van der Waals surface area contributed by atoms with E-state index in [1.165, 1.54) is 18.3 Å². The Balaban J connectivity index is 2.93. The molecule has 0 spiro atoms. The van der Waals surface area contributed by atoms with E-state index < -0.39 is 11.9 Å². The van der Waals surface area contributed by atoms with Crippen molar-refractivity contribution in [2.24, 2.45) is 0 Å². The van der Waals surface area contributed by atoms with E-state index in [2.05, 4.69) is 9.72 Å². The Morgan fingerprint density at radius 2 is 2.38 bits per heavy atom. The van der Waals surface area contributed by atoms with E-state index in [9.17, 15) is 14.0 Å². The quantitative estimate of drug-likeness (QED) is 0.337. The summed E-state index contributed by atoms with van der Waals surface area (Å²) in [6.45, 7) is 1.93. The van der Waals surface area contributed by atoms with Gasteiger partial charge in [-0.3, -0.25) is 4.79 Å². The first-order valence-corrected chi connectivity index (χ1v) is 4.63. The molecule has 5 heteroatoms. The number of esters is 1. The van der Waals surface area contributed by atoms with Gasteiger partial charge in [0.1, 0.15) is 0 Å². The molecule has 0 amide bonds. The molecule has 16 heavy (non-hydrogen) atoms. The van der Waals surface area contributed by atoms with Crippen molar-refractivity contribution in [3.05, 3.63) is 35.4 Å². The van der Waals surface area contributed by atoms with Crippen LogP contribution in [0.5, 0.6) is 0 Å². The van der Waals surface area contributed by atoms with E-state index in [0.29, 0.717) is 6.29 Å². The summed E-state index contributed by atoms with van der Waals surface area (Å²) in [6.07, 6.45) is 4.01. The summed E-state index contributed by atoms with van der Waals surface area (Å²) in [5, 5.41) is 0. The Kier molecular flexibility index (Phi) is 4.32. The predicted octanol–water partition coefficient (Wildman–Crippen LogP) is 1.61. The zero-order chi connectivity index (χ0) is 12.0. The van der Waals surface area contributed by atoms with Crippen molar-refractivity contribution in [2.75, 3.05) is 6.61 Å². The second kappa shape index (κ2) is 5.75. The number of pyridine rings is 1. The Morgan fingerprint density at radius 3 is 3.00 bits per heavy atom. The highest BCUT2D eigenvalue weighted by atomic mass is 19.1. The lowest BCUT2D eigenvalue weighted by atomic mass is 10.1. The van der Waals surface area contributed by atoms with E-state index in [1.807, 2.05) is 0 Å². The molecule has 0 aliphatic heterocycles. The van der Waals surface area contributed by atoms with Crippen LogP contribution in [0.3, 0.4) is 0 Å². The number of carbonyl (C=O) groups is 2. The molecule has 0 radical (unpaired) electrons. The standard InChI is InChI=1S/C11H10FNO3/c1-2-16-10(15)4-3-8-5-6-13-11(12)9(8)7-14/h3-7H,2H2,1H3. The van der Waals surface area contributed by atoms with Crippen LogP contribution >= 0.6 is 0 Å². The minimum atomic E-state index is -0.860. The second-order valence-corrected chi connectivity index (χ2v) is 2.81. The minimum absolute atomic E-state index is 0.178. The molecular weight excluding hydrogens is 213 g/mol. The third-order valence-electron chi connectivity index (χ3n) is 1.78. The van der Waals surface area contributed by atoms with Crippen LogP contribution in [-0.4, -0.2) is 23.8 Å². The fraction of sp³-hybridized carbons (Fsp3) is 0.182. The molecule has 0 atom stereocenters. The van der Waals surface area contributed by atoms with Gasteiger partial charge in [-0.1, -0.05) is 0 Å². The molecule has 0 saturated heterocycles. The average Bonchev–Trinajstić information content (AvgIpc) is 2.27. The minimum Gasteiger partial charge on any atom is -0.463 e. The molecule has 1 rings (SSSR count). The first-order chi connectivity index (χ1) is 7.69. The van der Waals surface area contributed by atoms with Crippen molar-refractivity contribution in [3.8, 4) is 0 Å². The van der Waals surface area contributed by atoms with Gasteiger partial charge in [-0.2, -0.15) is 4.39 Å². The van der Waals surface area contributed by atoms with E-state index in [0.717, 1.165) is 6.08 Å². The Hall–Kier alpha value is -2.04. The van der Waals surface area contributed by atoms with Gasteiger partial charge in [0.25, 0.3) is 0 Å². The maximum absolute atomic E-state index is 13.0. The van der Waals surface area contributed by atoms with Crippen molar-refractivity contribution in [1.29, 1.82) is 0 Å². The van der Waals surface area contributed by atoms with Gasteiger partial charge >= 0.3 is 5.97 Å². The zero-order valence-corrected chi connectivity index (χ0v) is 8.64. The SMILES string of the molecule is CCOC(=O)C=Cc1ccnc(F)c1C=O. The fourth-order valence-electron chi connectivity index (χ4n) is 1.07. The van der Waals surface area contributed by atoms with Crippen LogP contribution in [0.15, 0.2) is 18.3 Å². The molecular formula is C11H10FNO3. The lowest BCUT2D eigenvalue weighted by Gasteiger charge is -1.99. The van der Waals surface area contributed by atoms with Crippen LogP contribution in [0.25, 0.3) is 6.08 Å². The van der Waals surface area contributed by atoms with Gasteiger partial charge in [0, 0.05) is 12.3 Å². The summed E-state index contributed by atoms with van der Waals surface area (Å²) < 4.78 is 17.7. The number of nitrogens with zero attached hydrogens (tertiary/aromatic N) is 1. The van der Waals surface area contributed by atoms with Gasteiger partial charge in [0.2, 0.25) is 5.95 Å². The molecule has 0 N–H and O–H groups in total. The van der Waals surface area contributed by atoms with Crippen LogP contribution < -0.4 is 0 Å². The number of halogens is 1. The molecule has 0 aromatic carbocycles. The van der Waals surface area contributed by atoms with Crippen molar-refractivity contribution < 1.29 is 18.7 Å². The smallest absolute Gasteiger partial charge is 0.330 e. The normalized spacial score (nSPS) is 10.4. The van der Waals surface area contributed by atoms with E-state index in [-0.39, 0.29) is 17.7 Å². The van der Waals surface area contributed by atoms with Gasteiger partial charge in [-0.25, -0.2) is 9.78 Å². The summed E-state index contributed by atoms with van der Waals surface area (Å²) >= 11 is 0. The van der Waals surface area contributed by atoms with Crippen molar-refractivity contribution >= 4 is 18.3 Å². The molecule has 0 saturated carbocycles. The fourth-order valence-corrected chi connectivity index (χ4v) is 1.07. The second-order valence-electron chi connectivity index (χ2n) is 2.81. The number of rotatable bonds is 4. The molecule has 84 valence electrons. The van der Waals surface area contributed by atoms with Gasteiger partial charge in [0.15, 0.2) is 6.29 Å². The van der Waals surface area contributed by atoms with Crippen molar-refractivity contribution in [3.63, 3.8) is 0 Å². The molecule has 0 fully saturated rings. The van der Waals surface area contributed by atoms with Crippen LogP contribution in [0.1, 0.15) is 22.8 Å². The molecule has 0 unspecified atom stereocenters. The molecule has 1 aromatic heterocycles. The average molecular weight is 223 g/mol. The summed E-state index contributed by atoms with van der Waals surface area (Å²) in [6, 6.07) is 1.43. The first-order valence-electron chi connectivity index (χ1n) is 4.63. The third kappa shape index (κ3) is 2.98. The highest BCUT2D eigenvalue weighted by Gasteiger charge is 2.06. The summed E-state index contributed by atoms with van der Waals surface area (Å²) in [5.41, 5.74) is 0.110. The highest BCUT2D eigenvalue weighted by molar-refractivity contribution is 5.90. The molecule has 1 aromatic rings. The van der Waals surface area contributed by atoms with Crippen LogP contribution in [-0.2, 0) is 9.53 Å². The van der Waals surface area contributed by atoms with Crippen LogP contribution in [0.4, 0.5) is 4.39 Å². The lowest BCUT2D eigenvalue weighted by molar-refractivity contribution is -0.137. The number of hydrogen-bond acceptors (Lipinski definition) is 4. The zero-order valence-electron chi connectivity index (χ0n) is 8.64. The predicted molar refractivity (Wildman–Crippen MR) is 55.2 cm³/mol. The van der Waals surface area contributed by atoms with Gasteiger partial charge in [-0.05, 0) is 24.6 Å². The molecule has 0 aliphatic rings. The van der Waals surface area contributed by atoms with Crippen molar-refractivity contribution in [1.82, 2.24) is 4.98 Å². The van der Waals surface area contributed by atoms with E-state index in [4.69, 9.17) is 0 Å². The van der Waals surface area contributed by atoms with E-state index in [1.54, 1.807) is 6.92 Å². The van der Waals surface area contributed by atoms with Crippen LogP contribution in [0, 0.1) is 5.95 Å². The number of aldehydes is 1. The summed E-state index contributed by atoms with van der Waals surface area (Å²) in [7, 11) is 0. The summed E-state index contributed by atoms with van der Waals surface area (Å²) in [5.74, 6) is -1.41. The molecule has 4 nitrogen and oxygen atoms in total. The largest absolute Gasteiger partial charge is 0.463 e. The molecule has 0 bridgehead atoms. The maximum atomic E-state index is 13.0. The van der Waals surface area contributed by atoms with Gasteiger partial charge < -0.3 is 4.74 Å². The molecule has 0 aliphatic carbocycles. The first kappa shape index (κ1) is 12.0. The number of hydrogen-bond donors (Lipinski definition) is 0. The number of carbonyl (C=O) groups excluding carboxylic acids is 2. The number of ether oxygens (including phenoxy) is 1. The lowest BCUT2D eigenvalue weighted by Crippen LogP contribution is -2.00. The Morgan fingerprint density at radius 1 is 1.62 bits per heavy atom.